The molecule has 0 saturated carbocycles. The van der Waals surface area contributed by atoms with Crippen LogP contribution >= 0.6 is 23.1 Å². The van der Waals surface area contributed by atoms with Crippen LogP contribution in [0.15, 0.2) is 45.2 Å². The van der Waals surface area contributed by atoms with Gasteiger partial charge in [-0.1, -0.05) is 23.9 Å². The van der Waals surface area contributed by atoms with Crippen molar-refractivity contribution in [2.45, 2.75) is 24.2 Å². The lowest BCUT2D eigenvalue weighted by atomic mass is 10.1. The smallest absolute Gasteiger partial charge is 0.253 e. The summed E-state index contributed by atoms with van der Waals surface area (Å²) in [6.45, 7) is 4.30. The number of thiazole rings is 1. The van der Waals surface area contributed by atoms with Crippen LogP contribution in [0.5, 0.6) is 0 Å². The number of aliphatic imine (C=N–C) groups is 1. The van der Waals surface area contributed by atoms with Crippen molar-refractivity contribution in [2.24, 2.45) is 4.99 Å². The fourth-order valence-corrected chi connectivity index (χ4v) is 3.89. The molecule has 8 heteroatoms. The minimum atomic E-state index is 0.00988. The highest BCUT2D eigenvalue weighted by Crippen LogP contribution is 2.20. The zero-order valence-electron chi connectivity index (χ0n) is 16.1. The Morgan fingerprint density at radius 3 is 2.67 bits per heavy atom. The first-order valence-corrected chi connectivity index (χ1v) is 10.8. The molecular formula is C19H27N5OS2. The van der Waals surface area contributed by atoms with E-state index >= 15 is 0 Å². The molecule has 0 spiro atoms. The monoisotopic (exact) mass is 405 g/mol. The summed E-state index contributed by atoms with van der Waals surface area (Å²) in [6.07, 6.45) is 2.88. The molecule has 2 aromatic rings. The summed E-state index contributed by atoms with van der Waals surface area (Å²) < 4.78 is 1.12. The molecule has 0 saturated heterocycles. The van der Waals surface area contributed by atoms with Crippen LogP contribution in [0.1, 0.15) is 29.3 Å². The first-order valence-electron chi connectivity index (χ1n) is 8.95. The first kappa shape index (κ1) is 21.2. The number of rotatable bonds is 9. The third-order valence-corrected chi connectivity index (χ3v) is 5.67. The third kappa shape index (κ3) is 7.60. The molecule has 6 nitrogen and oxygen atoms in total. The number of aromatic nitrogens is 1. The summed E-state index contributed by atoms with van der Waals surface area (Å²) in [5, 5.41) is 8.63. The zero-order valence-corrected chi connectivity index (χ0v) is 17.7. The number of thioether (sulfide) groups is 1. The highest BCUT2D eigenvalue weighted by atomic mass is 32.2. The van der Waals surface area contributed by atoms with E-state index in [1.54, 1.807) is 42.1 Å². The van der Waals surface area contributed by atoms with Crippen molar-refractivity contribution in [1.82, 2.24) is 20.5 Å². The minimum absolute atomic E-state index is 0.00988. The molecule has 0 radical (unpaired) electrons. The molecule has 0 aliphatic heterocycles. The average Bonchev–Trinajstić information content (AvgIpc) is 3.19. The summed E-state index contributed by atoms with van der Waals surface area (Å²) in [6, 6.07) is 7.61. The van der Waals surface area contributed by atoms with Crippen molar-refractivity contribution in [3.63, 3.8) is 0 Å². The minimum Gasteiger partial charge on any atom is -0.357 e. The fourth-order valence-electron chi connectivity index (χ4n) is 2.24. The van der Waals surface area contributed by atoms with Gasteiger partial charge in [0.1, 0.15) is 4.34 Å². The van der Waals surface area contributed by atoms with Crippen LogP contribution in [0.25, 0.3) is 0 Å². The van der Waals surface area contributed by atoms with Gasteiger partial charge in [0.05, 0.1) is 6.54 Å². The van der Waals surface area contributed by atoms with E-state index in [4.69, 9.17) is 0 Å². The van der Waals surface area contributed by atoms with Gasteiger partial charge in [0.15, 0.2) is 5.96 Å². The SMILES string of the molecule is CCNC(=NCc1ccc(C(=O)N(C)C)cc1)NCCCSc1nccs1. The van der Waals surface area contributed by atoms with Crippen LogP contribution in [-0.4, -0.2) is 54.7 Å². The molecule has 2 rings (SSSR count). The number of guanidine groups is 1. The van der Waals surface area contributed by atoms with Crippen molar-refractivity contribution >= 4 is 35.0 Å². The molecular weight excluding hydrogens is 378 g/mol. The molecule has 27 heavy (non-hydrogen) atoms. The van der Waals surface area contributed by atoms with E-state index in [1.807, 2.05) is 35.8 Å². The standard InChI is InChI=1S/C19H27N5OS2/c1-4-20-18(21-10-5-12-26-19-22-11-13-27-19)23-14-15-6-8-16(9-7-15)17(25)24(2)3/h6-9,11,13H,4-5,10,12,14H2,1-3H3,(H2,20,21,23). The van der Waals surface area contributed by atoms with Crippen molar-refractivity contribution in [3.05, 3.63) is 47.0 Å². The molecule has 2 N–H and O–H groups in total. The van der Waals surface area contributed by atoms with Crippen LogP contribution < -0.4 is 10.6 Å². The molecule has 0 aliphatic carbocycles. The van der Waals surface area contributed by atoms with Gasteiger partial charge in [-0.05, 0) is 31.0 Å². The lowest BCUT2D eigenvalue weighted by Gasteiger charge is -2.12. The summed E-state index contributed by atoms with van der Waals surface area (Å²) in [4.78, 5) is 22.4. The molecule has 0 bridgehead atoms. The summed E-state index contributed by atoms with van der Waals surface area (Å²) in [7, 11) is 3.51. The van der Waals surface area contributed by atoms with Crippen LogP contribution in [-0.2, 0) is 6.54 Å². The third-order valence-electron chi connectivity index (χ3n) is 3.62. The van der Waals surface area contributed by atoms with Crippen LogP contribution in [0.2, 0.25) is 0 Å². The normalized spacial score (nSPS) is 11.3. The highest BCUT2D eigenvalue weighted by Gasteiger charge is 2.07. The van der Waals surface area contributed by atoms with E-state index in [-0.39, 0.29) is 5.91 Å². The Bertz CT molecular complexity index is 714. The van der Waals surface area contributed by atoms with E-state index in [1.165, 1.54) is 0 Å². The average molecular weight is 406 g/mol. The van der Waals surface area contributed by atoms with E-state index < -0.39 is 0 Å². The molecule has 0 aliphatic rings. The summed E-state index contributed by atoms with van der Waals surface area (Å²) in [5.74, 6) is 1.85. The lowest BCUT2D eigenvalue weighted by Crippen LogP contribution is -2.37. The number of hydrogen-bond donors (Lipinski definition) is 2. The second kappa shape index (κ2) is 11.6. The number of carbonyl (C=O) groups is 1. The number of carbonyl (C=O) groups excluding carboxylic acids is 1. The van der Waals surface area contributed by atoms with Gasteiger partial charge in [-0.2, -0.15) is 0 Å². The van der Waals surface area contributed by atoms with Gasteiger partial charge in [-0.3, -0.25) is 4.79 Å². The summed E-state index contributed by atoms with van der Waals surface area (Å²) >= 11 is 3.46. The van der Waals surface area contributed by atoms with Crippen LogP contribution in [0, 0.1) is 0 Å². The molecule has 0 unspecified atom stereocenters. The van der Waals surface area contributed by atoms with Crippen molar-refractivity contribution in [2.75, 3.05) is 32.9 Å². The van der Waals surface area contributed by atoms with E-state index in [0.29, 0.717) is 12.1 Å². The van der Waals surface area contributed by atoms with Gasteiger partial charge in [0.2, 0.25) is 0 Å². The molecule has 0 atom stereocenters. The summed E-state index contributed by atoms with van der Waals surface area (Å²) in [5.41, 5.74) is 1.76. The fraction of sp³-hybridized carbons (Fsp3) is 0.421. The Labute approximate surface area is 169 Å². The Kier molecular flexibility index (Phi) is 9.13. The van der Waals surface area contributed by atoms with Crippen LogP contribution in [0.3, 0.4) is 0 Å². The number of nitrogens with one attached hydrogen (secondary N) is 2. The molecule has 1 aromatic heterocycles. The largest absolute Gasteiger partial charge is 0.357 e. The van der Waals surface area contributed by atoms with Gasteiger partial charge in [-0.15, -0.1) is 11.3 Å². The molecule has 1 aromatic carbocycles. The van der Waals surface area contributed by atoms with Gasteiger partial charge in [0.25, 0.3) is 5.91 Å². The second-order valence-electron chi connectivity index (χ2n) is 6.02. The lowest BCUT2D eigenvalue weighted by molar-refractivity contribution is 0.0827. The van der Waals surface area contributed by atoms with E-state index in [2.05, 4.69) is 27.5 Å². The molecule has 1 heterocycles. The molecule has 0 fully saturated rings. The molecule has 1 amide bonds. The van der Waals surface area contributed by atoms with Crippen molar-refractivity contribution in [1.29, 1.82) is 0 Å². The van der Waals surface area contributed by atoms with E-state index in [9.17, 15) is 4.79 Å². The predicted octanol–water partition coefficient (Wildman–Crippen LogP) is 3.08. The van der Waals surface area contributed by atoms with Crippen molar-refractivity contribution in [3.8, 4) is 0 Å². The quantitative estimate of drug-likeness (QED) is 0.290. The second-order valence-corrected chi connectivity index (χ2v) is 8.26. The maximum Gasteiger partial charge on any atom is 0.253 e. The Balaban J connectivity index is 1.79. The topological polar surface area (TPSA) is 69.6 Å². The maximum absolute atomic E-state index is 11.9. The van der Waals surface area contributed by atoms with Gasteiger partial charge >= 0.3 is 0 Å². The Morgan fingerprint density at radius 2 is 2.04 bits per heavy atom. The number of hydrogen-bond acceptors (Lipinski definition) is 5. The Hall–Kier alpha value is -2.06. The van der Waals surface area contributed by atoms with Crippen LogP contribution in [0.4, 0.5) is 0 Å². The Morgan fingerprint density at radius 1 is 1.26 bits per heavy atom. The van der Waals surface area contributed by atoms with Crippen molar-refractivity contribution < 1.29 is 4.79 Å². The van der Waals surface area contributed by atoms with Gasteiger partial charge in [0, 0.05) is 50.1 Å². The van der Waals surface area contributed by atoms with E-state index in [0.717, 1.165) is 41.1 Å². The number of benzene rings is 1. The first-order chi connectivity index (χ1) is 13.1. The highest BCUT2D eigenvalue weighted by molar-refractivity contribution is 8.00. The zero-order chi connectivity index (χ0) is 19.5. The predicted molar refractivity (Wildman–Crippen MR) is 115 cm³/mol. The van der Waals surface area contributed by atoms with Gasteiger partial charge < -0.3 is 15.5 Å². The van der Waals surface area contributed by atoms with Gasteiger partial charge in [-0.25, -0.2) is 9.98 Å². The number of nitrogens with zero attached hydrogens (tertiary/aromatic N) is 3. The molecule has 146 valence electrons. The maximum atomic E-state index is 11.9. The number of amides is 1.